The molecule has 0 bridgehead atoms. The van der Waals surface area contributed by atoms with Gasteiger partial charge in [-0.15, -0.1) is 0 Å². The molecule has 100 valence electrons. The van der Waals surface area contributed by atoms with Gasteiger partial charge >= 0.3 is 0 Å². The van der Waals surface area contributed by atoms with Crippen molar-refractivity contribution < 1.29 is 4.39 Å². The van der Waals surface area contributed by atoms with Gasteiger partial charge in [0.25, 0.3) is 0 Å². The summed E-state index contributed by atoms with van der Waals surface area (Å²) < 4.78 is 13.2. The monoisotopic (exact) mass is 250 g/mol. The molecule has 2 rings (SSSR count). The van der Waals surface area contributed by atoms with E-state index in [0.29, 0.717) is 0 Å². The van der Waals surface area contributed by atoms with E-state index >= 15 is 0 Å². The van der Waals surface area contributed by atoms with Gasteiger partial charge in [0.15, 0.2) is 0 Å². The number of hydrogen-bond donors (Lipinski definition) is 0. The van der Waals surface area contributed by atoms with E-state index < -0.39 is 0 Å². The number of likely N-dealkylation sites (tertiary alicyclic amines) is 1. The SMILES string of the molecule is Cc1ccc(F)cc1CN1CC[C@H](CN(C)C)C1. The smallest absolute Gasteiger partial charge is 0.123 e. The molecule has 1 atom stereocenters. The summed E-state index contributed by atoms with van der Waals surface area (Å²) in [5, 5.41) is 0. The second-order valence-corrected chi connectivity index (χ2v) is 5.72. The molecule has 0 unspecified atom stereocenters. The lowest BCUT2D eigenvalue weighted by molar-refractivity contribution is 0.285. The molecule has 1 aliphatic rings. The van der Waals surface area contributed by atoms with E-state index in [2.05, 4.69) is 30.8 Å². The molecule has 1 aliphatic heterocycles. The van der Waals surface area contributed by atoms with Crippen molar-refractivity contribution in [3.63, 3.8) is 0 Å². The van der Waals surface area contributed by atoms with Crippen LogP contribution in [0, 0.1) is 18.7 Å². The first kappa shape index (κ1) is 13.5. The van der Waals surface area contributed by atoms with E-state index in [4.69, 9.17) is 0 Å². The summed E-state index contributed by atoms with van der Waals surface area (Å²) in [5.41, 5.74) is 2.31. The lowest BCUT2D eigenvalue weighted by Gasteiger charge is -2.19. The van der Waals surface area contributed by atoms with Crippen LogP contribution in [0.4, 0.5) is 4.39 Å². The first-order valence-corrected chi connectivity index (χ1v) is 6.66. The van der Waals surface area contributed by atoms with Gasteiger partial charge in [-0.25, -0.2) is 4.39 Å². The van der Waals surface area contributed by atoms with Gasteiger partial charge in [0.05, 0.1) is 0 Å². The Morgan fingerprint density at radius 1 is 1.39 bits per heavy atom. The molecule has 1 heterocycles. The van der Waals surface area contributed by atoms with E-state index in [1.807, 2.05) is 6.07 Å². The molecule has 0 amide bonds. The van der Waals surface area contributed by atoms with Crippen LogP contribution in [0.2, 0.25) is 0 Å². The van der Waals surface area contributed by atoms with Crippen molar-refractivity contribution in [3.05, 3.63) is 35.1 Å². The van der Waals surface area contributed by atoms with E-state index in [-0.39, 0.29) is 5.82 Å². The lowest BCUT2D eigenvalue weighted by atomic mass is 10.1. The van der Waals surface area contributed by atoms with Crippen molar-refractivity contribution in [2.45, 2.75) is 19.9 Å². The molecule has 2 nitrogen and oxygen atoms in total. The Bertz CT molecular complexity index is 403. The highest BCUT2D eigenvalue weighted by Crippen LogP contribution is 2.21. The minimum atomic E-state index is -0.125. The van der Waals surface area contributed by atoms with Gasteiger partial charge in [-0.1, -0.05) is 6.07 Å². The Morgan fingerprint density at radius 2 is 2.17 bits per heavy atom. The van der Waals surface area contributed by atoms with Gasteiger partial charge in [0.2, 0.25) is 0 Å². The molecule has 1 fully saturated rings. The van der Waals surface area contributed by atoms with Gasteiger partial charge in [0.1, 0.15) is 5.82 Å². The molecule has 0 N–H and O–H groups in total. The van der Waals surface area contributed by atoms with Crippen LogP contribution in [-0.2, 0) is 6.54 Å². The highest BCUT2D eigenvalue weighted by molar-refractivity contribution is 5.26. The maximum Gasteiger partial charge on any atom is 0.123 e. The normalized spacial score (nSPS) is 20.8. The minimum absolute atomic E-state index is 0.125. The number of benzene rings is 1. The zero-order valence-corrected chi connectivity index (χ0v) is 11.6. The standard InChI is InChI=1S/C15H23FN2/c1-12-4-5-15(16)8-14(12)11-18-7-6-13(10-18)9-17(2)3/h4-5,8,13H,6-7,9-11H2,1-3H3/t13-/m1/s1. The molecule has 1 saturated heterocycles. The summed E-state index contributed by atoms with van der Waals surface area (Å²) in [6.07, 6.45) is 1.26. The number of nitrogens with zero attached hydrogens (tertiary/aromatic N) is 2. The maximum absolute atomic E-state index is 13.2. The third-order valence-electron chi connectivity index (χ3n) is 3.70. The van der Waals surface area contributed by atoms with Crippen LogP contribution in [0.1, 0.15) is 17.5 Å². The zero-order chi connectivity index (χ0) is 13.1. The molecular weight excluding hydrogens is 227 g/mol. The van der Waals surface area contributed by atoms with Gasteiger partial charge in [-0.05, 0) is 63.2 Å². The fourth-order valence-electron chi connectivity index (χ4n) is 2.77. The fourth-order valence-corrected chi connectivity index (χ4v) is 2.77. The maximum atomic E-state index is 13.2. The molecule has 0 saturated carbocycles. The second kappa shape index (κ2) is 5.81. The van der Waals surface area contributed by atoms with Crippen LogP contribution < -0.4 is 0 Å². The van der Waals surface area contributed by atoms with Crippen molar-refractivity contribution in [2.75, 3.05) is 33.7 Å². The largest absolute Gasteiger partial charge is 0.309 e. The highest BCUT2D eigenvalue weighted by Gasteiger charge is 2.23. The number of rotatable bonds is 4. The summed E-state index contributed by atoms with van der Waals surface area (Å²) in [4.78, 5) is 4.69. The predicted octanol–water partition coefficient (Wildman–Crippen LogP) is 2.52. The van der Waals surface area contributed by atoms with Crippen LogP contribution in [0.5, 0.6) is 0 Å². The summed E-state index contributed by atoms with van der Waals surface area (Å²) in [6.45, 7) is 6.36. The Morgan fingerprint density at radius 3 is 2.89 bits per heavy atom. The van der Waals surface area contributed by atoms with Gasteiger partial charge in [0, 0.05) is 19.6 Å². The van der Waals surface area contributed by atoms with Crippen LogP contribution in [0.25, 0.3) is 0 Å². The lowest BCUT2D eigenvalue weighted by Crippen LogP contribution is -2.25. The molecule has 0 aliphatic carbocycles. The van der Waals surface area contributed by atoms with Gasteiger partial charge in [-0.3, -0.25) is 4.90 Å². The van der Waals surface area contributed by atoms with Crippen molar-refractivity contribution in [3.8, 4) is 0 Å². The Hall–Kier alpha value is -0.930. The Balaban J connectivity index is 1.93. The van der Waals surface area contributed by atoms with Crippen LogP contribution >= 0.6 is 0 Å². The predicted molar refractivity (Wildman–Crippen MR) is 73.1 cm³/mol. The van der Waals surface area contributed by atoms with E-state index in [0.717, 1.165) is 37.7 Å². The van der Waals surface area contributed by atoms with E-state index in [9.17, 15) is 4.39 Å². The second-order valence-electron chi connectivity index (χ2n) is 5.72. The van der Waals surface area contributed by atoms with Crippen molar-refractivity contribution in [2.24, 2.45) is 5.92 Å². The molecule has 0 radical (unpaired) electrons. The molecule has 0 aromatic heterocycles. The van der Waals surface area contributed by atoms with Crippen molar-refractivity contribution in [1.82, 2.24) is 9.80 Å². The molecule has 3 heteroatoms. The zero-order valence-electron chi connectivity index (χ0n) is 11.6. The molecule has 1 aromatic rings. The van der Waals surface area contributed by atoms with E-state index in [1.54, 1.807) is 6.07 Å². The summed E-state index contributed by atoms with van der Waals surface area (Å²) in [6, 6.07) is 5.09. The summed E-state index contributed by atoms with van der Waals surface area (Å²) >= 11 is 0. The molecule has 18 heavy (non-hydrogen) atoms. The summed E-state index contributed by atoms with van der Waals surface area (Å²) in [5.74, 6) is 0.633. The van der Waals surface area contributed by atoms with Crippen molar-refractivity contribution >= 4 is 0 Å². The summed E-state index contributed by atoms with van der Waals surface area (Å²) in [7, 11) is 4.25. The third kappa shape index (κ3) is 3.53. The average Bonchev–Trinajstić information content (AvgIpc) is 2.70. The number of aryl methyl sites for hydroxylation is 1. The first-order chi connectivity index (χ1) is 8.54. The van der Waals surface area contributed by atoms with Crippen LogP contribution in [0.15, 0.2) is 18.2 Å². The van der Waals surface area contributed by atoms with Gasteiger partial charge in [-0.2, -0.15) is 0 Å². The Kier molecular flexibility index (Phi) is 4.36. The van der Waals surface area contributed by atoms with Crippen LogP contribution in [0.3, 0.4) is 0 Å². The third-order valence-corrected chi connectivity index (χ3v) is 3.70. The van der Waals surface area contributed by atoms with Crippen molar-refractivity contribution in [1.29, 1.82) is 0 Å². The molecule has 1 aromatic carbocycles. The molecule has 0 spiro atoms. The first-order valence-electron chi connectivity index (χ1n) is 6.66. The van der Waals surface area contributed by atoms with E-state index in [1.165, 1.54) is 18.1 Å². The average molecular weight is 250 g/mol. The van der Waals surface area contributed by atoms with Gasteiger partial charge < -0.3 is 4.90 Å². The Labute approximate surface area is 109 Å². The minimum Gasteiger partial charge on any atom is -0.309 e. The fraction of sp³-hybridized carbons (Fsp3) is 0.600. The number of hydrogen-bond acceptors (Lipinski definition) is 2. The molecular formula is C15H23FN2. The highest BCUT2D eigenvalue weighted by atomic mass is 19.1. The quantitative estimate of drug-likeness (QED) is 0.810. The number of halogens is 1. The topological polar surface area (TPSA) is 6.48 Å². The van der Waals surface area contributed by atoms with Crippen LogP contribution in [-0.4, -0.2) is 43.5 Å².